The summed E-state index contributed by atoms with van der Waals surface area (Å²) in [5.74, 6) is 0.0806. The molecule has 1 aliphatic heterocycles. The Hall–Kier alpha value is -0.610. The normalized spacial score (nSPS) is 28.8. The maximum atomic E-state index is 11.3. The highest BCUT2D eigenvalue weighted by atomic mass is 16.5. The lowest BCUT2D eigenvalue weighted by molar-refractivity contribution is -0.122. The molecule has 2 atom stereocenters. The lowest BCUT2D eigenvalue weighted by Crippen LogP contribution is -2.40. The topological polar surface area (TPSA) is 50.4 Å². The Bertz CT molecular complexity index is 161. The van der Waals surface area contributed by atoms with Gasteiger partial charge in [0.15, 0.2) is 0 Å². The molecule has 0 spiro atoms. The van der Waals surface area contributed by atoms with Crippen LogP contribution in [0, 0.1) is 0 Å². The molecule has 1 aliphatic rings. The minimum atomic E-state index is -0.0603. The number of amides is 1. The van der Waals surface area contributed by atoms with Gasteiger partial charge in [-0.3, -0.25) is 4.79 Å². The van der Waals surface area contributed by atoms with Crippen LogP contribution in [0.4, 0.5) is 0 Å². The molecular formula is C8H16N2O2. The molecular weight excluding hydrogens is 156 g/mol. The van der Waals surface area contributed by atoms with Gasteiger partial charge in [-0.25, -0.2) is 0 Å². The molecule has 4 heteroatoms. The van der Waals surface area contributed by atoms with Crippen LogP contribution in [0.5, 0.6) is 0 Å². The van der Waals surface area contributed by atoms with Gasteiger partial charge in [0.2, 0.25) is 5.91 Å². The van der Waals surface area contributed by atoms with Gasteiger partial charge in [-0.05, 0) is 13.3 Å². The molecule has 2 N–H and O–H groups in total. The first-order valence-electron chi connectivity index (χ1n) is 4.31. The second kappa shape index (κ2) is 4.42. The number of hydrogen-bond acceptors (Lipinski definition) is 3. The van der Waals surface area contributed by atoms with E-state index in [1.807, 2.05) is 6.92 Å². The maximum absolute atomic E-state index is 11.3. The van der Waals surface area contributed by atoms with Gasteiger partial charge in [-0.2, -0.15) is 0 Å². The van der Waals surface area contributed by atoms with Crippen molar-refractivity contribution in [1.82, 2.24) is 10.6 Å². The van der Waals surface area contributed by atoms with Crippen LogP contribution >= 0.6 is 0 Å². The SMILES string of the molecule is CCNC(=O)[C@@H]1C[C@@H](OC)CN1. The molecule has 4 nitrogen and oxygen atoms in total. The average Bonchev–Trinajstić information content (AvgIpc) is 2.52. The van der Waals surface area contributed by atoms with Gasteiger partial charge in [0.25, 0.3) is 0 Å². The van der Waals surface area contributed by atoms with Crippen LogP contribution in [0.3, 0.4) is 0 Å². The summed E-state index contributed by atoms with van der Waals surface area (Å²) in [5.41, 5.74) is 0. The van der Waals surface area contributed by atoms with Crippen molar-refractivity contribution in [3.63, 3.8) is 0 Å². The Morgan fingerprint density at radius 2 is 2.50 bits per heavy atom. The number of hydrogen-bond donors (Lipinski definition) is 2. The molecule has 0 saturated carbocycles. The number of methoxy groups -OCH3 is 1. The third-order valence-electron chi connectivity index (χ3n) is 2.09. The largest absolute Gasteiger partial charge is 0.380 e. The molecule has 0 bridgehead atoms. The molecule has 1 heterocycles. The third kappa shape index (κ3) is 2.19. The van der Waals surface area contributed by atoms with E-state index in [0.717, 1.165) is 13.0 Å². The van der Waals surface area contributed by atoms with Gasteiger partial charge >= 0.3 is 0 Å². The van der Waals surface area contributed by atoms with Crippen molar-refractivity contribution in [2.45, 2.75) is 25.5 Å². The highest BCUT2D eigenvalue weighted by Crippen LogP contribution is 2.08. The van der Waals surface area contributed by atoms with Crippen molar-refractivity contribution >= 4 is 5.91 Å². The van der Waals surface area contributed by atoms with E-state index < -0.39 is 0 Å². The fraction of sp³-hybridized carbons (Fsp3) is 0.875. The van der Waals surface area contributed by atoms with Gasteiger partial charge in [-0.1, -0.05) is 0 Å². The standard InChI is InChI=1S/C8H16N2O2/c1-3-9-8(11)7-4-6(12-2)5-10-7/h6-7,10H,3-5H2,1-2H3,(H,9,11)/t6-,7+/m1/s1. The molecule has 1 fully saturated rings. The van der Waals surface area contributed by atoms with Crippen LogP contribution in [0.1, 0.15) is 13.3 Å². The molecule has 0 aromatic rings. The molecule has 0 aromatic heterocycles. The zero-order chi connectivity index (χ0) is 8.97. The molecule has 12 heavy (non-hydrogen) atoms. The smallest absolute Gasteiger partial charge is 0.237 e. The molecule has 1 rings (SSSR count). The molecule has 70 valence electrons. The first-order valence-corrected chi connectivity index (χ1v) is 4.31. The third-order valence-corrected chi connectivity index (χ3v) is 2.09. The first-order chi connectivity index (χ1) is 5.77. The summed E-state index contributed by atoms with van der Waals surface area (Å²) >= 11 is 0. The Morgan fingerprint density at radius 3 is 3.00 bits per heavy atom. The number of carbonyl (C=O) groups is 1. The predicted octanol–water partition coefficient (Wildman–Crippen LogP) is -0.501. The maximum Gasteiger partial charge on any atom is 0.237 e. The lowest BCUT2D eigenvalue weighted by Gasteiger charge is -2.09. The molecule has 0 aliphatic carbocycles. The predicted molar refractivity (Wildman–Crippen MR) is 45.9 cm³/mol. The second-order valence-electron chi connectivity index (χ2n) is 2.95. The van der Waals surface area contributed by atoms with Crippen LogP contribution in [-0.2, 0) is 9.53 Å². The van der Waals surface area contributed by atoms with Gasteiger partial charge in [0, 0.05) is 20.2 Å². The summed E-state index contributed by atoms with van der Waals surface area (Å²) in [6, 6.07) is -0.0603. The van der Waals surface area contributed by atoms with E-state index in [9.17, 15) is 4.79 Å². The van der Waals surface area contributed by atoms with Crippen molar-refractivity contribution < 1.29 is 9.53 Å². The van der Waals surface area contributed by atoms with Crippen LogP contribution in [0.2, 0.25) is 0 Å². The number of rotatable bonds is 3. The van der Waals surface area contributed by atoms with Gasteiger partial charge < -0.3 is 15.4 Å². The zero-order valence-corrected chi connectivity index (χ0v) is 7.59. The summed E-state index contributed by atoms with van der Waals surface area (Å²) in [7, 11) is 1.67. The molecule has 1 amide bonds. The van der Waals surface area contributed by atoms with Crippen LogP contribution in [-0.4, -0.2) is 38.3 Å². The van der Waals surface area contributed by atoms with E-state index >= 15 is 0 Å². The number of nitrogens with one attached hydrogen (secondary N) is 2. The van der Waals surface area contributed by atoms with E-state index in [4.69, 9.17) is 4.74 Å². The summed E-state index contributed by atoms with van der Waals surface area (Å²) in [6.45, 7) is 3.38. The van der Waals surface area contributed by atoms with Crippen LogP contribution in [0.25, 0.3) is 0 Å². The number of carbonyl (C=O) groups excluding carboxylic acids is 1. The van der Waals surface area contributed by atoms with Crippen molar-refractivity contribution in [3.05, 3.63) is 0 Å². The lowest BCUT2D eigenvalue weighted by atomic mass is 10.2. The number of likely N-dealkylation sites (N-methyl/N-ethyl adjacent to an activating group) is 1. The number of ether oxygens (including phenoxy) is 1. The van der Waals surface area contributed by atoms with Gasteiger partial charge in [-0.15, -0.1) is 0 Å². The van der Waals surface area contributed by atoms with Crippen LogP contribution in [0.15, 0.2) is 0 Å². The van der Waals surface area contributed by atoms with E-state index in [0.29, 0.717) is 6.54 Å². The Balaban J connectivity index is 2.31. The monoisotopic (exact) mass is 172 g/mol. The fourth-order valence-electron chi connectivity index (χ4n) is 1.38. The highest BCUT2D eigenvalue weighted by Gasteiger charge is 2.28. The van der Waals surface area contributed by atoms with Crippen molar-refractivity contribution in [1.29, 1.82) is 0 Å². The average molecular weight is 172 g/mol. The summed E-state index contributed by atoms with van der Waals surface area (Å²) in [6.07, 6.45) is 0.972. The molecule has 0 radical (unpaired) electrons. The van der Waals surface area contributed by atoms with E-state index in [1.165, 1.54) is 0 Å². The van der Waals surface area contributed by atoms with E-state index in [1.54, 1.807) is 7.11 Å². The fourth-order valence-corrected chi connectivity index (χ4v) is 1.38. The quantitative estimate of drug-likeness (QED) is 0.603. The summed E-state index contributed by atoms with van der Waals surface area (Å²) in [4.78, 5) is 11.3. The van der Waals surface area contributed by atoms with Gasteiger partial charge in [0.05, 0.1) is 12.1 Å². The van der Waals surface area contributed by atoms with Gasteiger partial charge in [0.1, 0.15) is 0 Å². The summed E-state index contributed by atoms with van der Waals surface area (Å²) in [5, 5.41) is 5.88. The Kier molecular flexibility index (Phi) is 3.49. The minimum Gasteiger partial charge on any atom is -0.380 e. The Morgan fingerprint density at radius 1 is 1.75 bits per heavy atom. The van der Waals surface area contributed by atoms with Crippen molar-refractivity contribution in [2.24, 2.45) is 0 Å². The Labute approximate surface area is 72.7 Å². The molecule has 1 saturated heterocycles. The zero-order valence-electron chi connectivity index (χ0n) is 7.59. The summed E-state index contributed by atoms with van der Waals surface area (Å²) < 4.78 is 5.13. The molecule has 0 aromatic carbocycles. The second-order valence-corrected chi connectivity index (χ2v) is 2.95. The van der Waals surface area contributed by atoms with E-state index in [2.05, 4.69) is 10.6 Å². The minimum absolute atomic E-state index is 0.0603. The first kappa shape index (κ1) is 9.48. The highest BCUT2D eigenvalue weighted by molar-refractivity contribution is 5.82. The van der Waals surface area contributed by atoms with E-state index in [-0.39, 0.29) is 18.1 Å². The van der Waals surface area contributed by atoms with Crippen molar-refractivity contribution in [2.75, 3.05) is 20.2 Å². The van der Waals surface area contributed by atoms with Crippen LogP contribution < -0.4 is 10.6 Å². The molecule has 0 unspecified atom stereocenters. The van der Waals surface area contributed by atoms with Crippen molar-refractivity contribution in [3.8, 4) is 0 Å².